The molecule has 1 aliphatic rings. The van der Waals surface area contributed by atoms with Gasteiger partial charge in [0.05, 0.1) is 5.56 Å². The third kappa shape index (κ3) is 2.74. The zero-order chi connectivity index (χ0) is 15.0. The van der Waals surface area contributed by atoms with E-state index in [9.17, 15) is 4.39 Å². The highest BCUT2D eigenvalue weighted by atomic mass is 32.1. The standard InChI is InChI=1S/C16H15FN2OS/c1-9-5-6-12(17)14(7-9)20-16-11(15(18)21)8-10-3-2-4-13(10)19-16/h5-8H,2-4H2,1H3,(H2,18,21). The minimum absolute atomic E-state index is 0.137. The van der Waals surface area contributed by atoms with Gasteiger partial charge in [-0.05, 0) is 55.5 Å². The van der Waals surface area contributed by atoms with Crippen molar-refractivity contribution >= 4 is 17.2 Å². The number of halogens is 1. The summed E-state index contributed by atoms with van der Waals surface area (Å²) in [5.74, 6) is -0.0117. The molecule has 2 aromatic rings. The van der Waals surface area contributed by atoms with E-state index in [0.29, 0.717) is 5.56 Å². The van der Waals surface area contributed by atoms with Crippen LogP contribution < -0.4 is 10.5 Å². The molecule has 3 rings (SSSR count). The number of aromatic nitrogens is 1. The molecule has 21 heavy (non-hydrogen) atoms. The number of fused-ring (bicyclic) bond motifs is 1. The lowest BCUT2D eigenvalue weighted by Gasteiger charge is -2.12. The van der Waals surface area contributed by atoms with Crippen LogP contribution in [0.3, 0.4) is 0 Å². The Balaban J connectivity index is 2.05. The van der Waals surface area contributed by atoms with Gasteiger partial charge in [0, 0.05) is 5.69 Å². The highest BCUT2D eigenvalue weighted by Crippen LogP contribution is 2.31. The predicted octanol–water partition coefficient (Wildman–Crippen LogP) is 3.44. The smallest absolute Gasteiger partial charge is 0.229 e. The van der Waals surface area contributed by atoms with Crippen molar-refractivity contribution in [3.05, 3.63) is 52.5 Å². The molecule has 5 heteroatoms. The Kier molecular flexibility index (Phi) is 3.59. The summed E-state index contributed by atoms with van der Waals surface area (Å²) in [6, 6.07) is 6.61. The lowest BCUT2D eigenvalue weighted by atomic mass is 10.1. The van der Waals surface area contributed by atoms with Crippen LogP contribution in [0.2, 0.25) is 0 Å². The normalized spacial score (nSPS) is 13.0. The number of hydrogen-bond donors (Lipinski definition) is 1. The highest BCUT2D eigenvalue weighted by molar-refractivity contribution is 7.80. The van der Waals surface area contributed by atoms with Crippen molar-refractivity contribution in [2.45, 2.75) is 26.2 Å². The van der Waals surface area contributed by atoms with Crippen LogP contribution in [0.1, 0.15) is 28.8 Å². The van der Waals surface area contributed by atoms with Crippen LogP contribution >= 0.6 is 12.2 Å². The number of hydrogen-bond acceptors (Lipinski definition) is 3. The van der Waals surface area contributed by atoms with Gasteiger partial charge >= 0.3 is 0 Å². The fourth-order valence-corrected chi connectivity index (χ4v) is 2.65. The minimum atomic E-state index is -0.434. The maximum absolute atomic E-state index is 13.8. The summed E-state index contributed by atoms with van der Waals surface area (Å²) in [7, 11) is 0. The van der Waals surface area contributed by atoms with Crippen molar-refractivity contribution in [1.82, 2.24) is 4.98 Å². The van der Waals surface area contributed by atoms with E-state index in [2.05, 4.69) is 4.98 Å². The Morgan fingerprint density at radius 2 is 2.14 bits per heavy atom. The number of aryl methyl sites for hydroxylation is 3. The molecule has 0 atom stereocenters. The van der Waals surface area contributed by atoms with E-state index >= 15 is 0 Å². The van der Waals surface area contributed by atoms with Crippen molar-refractivity contribution in [3.63, 3.8) is 0 Å². The molecule has 0 amide bonds. The summed E-state index contributed by atoms with van der Waals surface area (Å²) >= 11 is 5.06. The molecule has 0 spiro atoms. The van der Waals surface area contributed by atoms with Gasteiger partial charge in [-0.1, -0.05) is 18.3 Å². The van der Waals surface area contributed by atoms with E-state index in [1.807, 2.05) is 13.0 Å². The lowest BCUT2D eigenvalue weighted by Crippen LogP contribution is -2.13. The van der Waals surface area contributed by atoms with Gasteiger partial charge in [-0.3, -0.25) is 0 Å². The summed E-state index contributed by atoms with van der Waals surface area (Å²) in [6.45, 7) is 1.87. The third-order valence-electron chi connectivity index (χ3n) is 3.57. The van der Waals surface area contributed by atoms with Gasteiger partial charge in [-0.2, -0.15) is 0 Å². The van der Waals surface area contributed by atoms with Crippen LogP contribution in [-0.2, 0) is 12.8 Å². The summed E-state index contributed by atoms with van der Waals surface area (Å²) in [5, 5.41) is 0. The molecular formula is C16H15FN2OS. The van der Waals surface area contributed by atoms with E-state index in [-0.39, 0.29) is 16.6 Å². The van der Waals surface area contributed by atoms with Gasteiger partial charge in [0.2, 0.25) is 5.88 Å². The molecule has 0 unspecified atom stereocenters. The molecule has 1 aromatic heterocycles. The predicted molar refractivity (Wildman–Crippen MR) is 83.4 cm³/mol. The van der Waals surface area contributed by atoms with Gasteiger partial charge < -0.3 is 10.5 Å². The monoisotopic (exact) mass is 302 g/mol. The number of pyridine rings is 1. The molecule has 0 bridgehead atoms. The molecule has 1 aromatic carbocycles. The second kappa shape index (κ2) is 5.41. The van der Waals surface area contributed by atoms with Crippen LogP contribution in [0, 0.1) is 12.7 Å². The van der Waals surface area contributed by atoms with Gasteiger partial charge in [-0.25, -0.2) is 9.37 Å². The molecule has 1 heterocycles. The first-order chi connectivity index (χ1) is 10.0. The lowest BCUT2D eigenvalue weighted by molar-refractivity contribution is 0.425. The Bertz CT molecular complexity index is 730. The fraction of sp³-hybridized carbons (Fsp3) is 0.250. The minimum Gasteiger partial charge on any atom is -0.435 e. The number of ether oxygens (including phenoxy) is 1. The maximum atomic E-state index is 13.8. The van der Waals surface area contributed by atoms with Gasteiger partial charge in [0.15, 0.2) is 11.6 Å². The molecule has 3 nitrogen and oxygen atoms in total. The molecule has 108 valence electrons. The zero-order valence-corrected chi connectivity index (χ0v) is 12.5. The van der Waals surface area contributed by atoms with Gasteiger partial charge in [0.1, 0.15) is 4.99 Å². The summed E-state index contributed by atoms with van der Waals surface area (Å²) in [5.41, 5.74) is 9.35. The SMILES string of the molecule is Cc1ccc(F)c(Oc2nc3c(cc2C(N)=S)CCC3)c1. The summed E-state index contributed by atoms with van der Waals surface area (Å²) in [4.78, 5) is 4.69. The number of nitrogens with zero attached hydrogens (tertiary/aromatic N) is 1. The number of nitrogens with two attached hydrogens (primary N) is 1. The molecule has 0 saturated heterocycles. The van der Waals surface area contributed by atoms with Gasteiger partial charge in [0.25, 0.3) is 0 Å². The van der Waals surface area contributed by atoms with Crippen molar-refractivity contribution in [2.24, 2.45) is 5.73 Å². The summed E-state index contributed by atoms with van der Waals surface area (Å²) in [6.07, 6.45) is 2.93. The molecule has 0 aliphatic heterocycles. The topological polar surface area (TPSA) is 48.1 Å². The largest absolute Gasteiger partial charge is 0.435 e. The van der Waals surface area contributed by atoms with Crippen molar-refractivity contribution < 1.29 is 9.13 Å². The van der Waals surface area contributed by atoms with Crippen molar-refractivity contribution in [1.29, 1.82) is 0 Å². The Morgan fingerprint density at radius 3 is 2.90 bits per heavy atom. The summed E-state index contributed by atoms with van der Waals surface area (Å²) < 4.78 is 19.5. The Morgan fingerprint density at radius 1 is 1.33 bits per heavy atom. The first-order valence-electron chi connectivity index (χ1n) is 6.81. The number of benzene rings is 1. The Labute approximate surface area is 128 Å². The van der Waals surface area contributed by atoms with Crippen LogP contribution in [0.5, 0.6) is 11.6 Å². The van der Waals surface area contributed by atoms with E-state index in [1.165, 1.54) is 6.07 Å². The molecule has 2 N–H and O–H groups in total. The molecule has 0 saturated carbocycles. The van der Waals surface area contributed by atoms with Crippen LogP contribution in [0.15, 0.2) is 24.3 Å². The Hall–Kier alpha value is -2.01. The highest BCUT2D eigenvalue weighted by Gasteiger charge is 2.19. The fourth-order valence-electron chi connectivity index (χ4n) is 2.50. The van der Waals surface area contributed by atoms with E-state index in [0.717, 1.165) is 36.1 Å². The van der Waals surface area contributed by atoms with E-state index < -0.39 is 5.82 Å². The maximum Gasteiger partial charge on any atom is 0.229 e. The molecule has 0 fully saturated rings. The van der Waals surface area contributed by atoms with Crippen LogP contribution in [0.4, 0.5) is 4.39 Å². The quantitative estimate of drug-likeness (QED) is 0.882. The van der Waals surface area contributed by atoms with E-state index in [1.54, 1.807) is 12.1 Å². The average molecular weight is 302 g/mol. The molecule has 1 aliphatic carbocycles. The van der Waals surface area contributed by atoms with Gasteiger partial charge in [-0.15, -0.1) is 0 Å². The zero-order valence-electron chi connectivity index (χ0n) is 11.6. The third-order valence-corrected chi connectivity index (χ3v) is 3.79. The van der Waals surface area contributed by atoms with Crippen molar-refractivity contribution in [2.75, 3.05) is 0 Å². The second-order valence-electron chi connectivity index (χ2n) is 5.20. The molecular weight excluding hydrogens is 287 g/mol. The second-order valence-corrected chi connectivity index (χ2v) is 5.64. The first kappa shape index (κ1) is 13.9. The van der Waals surface area contributed by atoms with Crippen LogP contribution in [0.25, 0.3) is 0 Å². The number of thiocarbonyl (C=S) groups is 1. The average Bonchev–Trinajstić information content (AvgIpc) is 2.89. The first-order valence-corrected chi connectivity index (χ1v) is 7.22. The van der Waals surface area contributed by atoms with Crippen molar-refractivity contribution in [3.8, 4) is 11.6 Å². The number of rotatable bonds is 3. The molecule has 0 radical (unpaired) electrons. The van der Waals surface area contributed by atoms with E-state index in [4.69, 9.17) is 22.7 Å². The van der Waals surface area contributed by atoms with Crippen LogP contribution in [-0.4, -0.2) is 9.97 Å².